The van der Waals surface area contributed by atoms with Crippen molar-refractivity contribution in [1.82, 2.24) is 0 Å². The van der Waals surface area contributed by atoms with Gasteiger partial charge in [-0.25, -0.2) is 8.42 Å². The molecule has 0 rings (SSSR count). The minimum absolute atomic E-state index is 0. The standard InChI is InChI=1S/C12H25O3S.Na/c1-2-3-4-5-6-7-8-9-10-11-12-16(13,14)15;/h11H,2-10,12H2,1H3,(H,13,14,15);/q;+1/p-1. The summed E-state index contributed by atoms with van der Waals surface area (Å²) < 4.78 is 30.8. The molecule has 0 unspecified atom stereocenters. The Morgan fingerprint density at radius 2 is 1.41 bits per heavy atom. The van der Waals surface area contributed by atoms with Crippen LogP contribution in [-0.2, 0) is 10.1 Å². The van der Waals surface area contributed by atoms with Crippen molar-refractivity contribution in [2.45, 2.75) is 64.7 Å². The molecule has 17 heavy (non-hydrogen) atoms. The molecule has 0 fully saturated rings. The molecule has 97 valence electrons. The van der Waals surface area contributed by atoms with Crippen LogP contribution >= 0.6 is 0 Å². The first kappa shape index (κ1) is 20.2. The second-order valence-electron chi connectivity index (χ2n) is 4.28. The van der Waals surface area contributed by atoms with Crippen LogP contribution in [0.4, 0.5) is 0 Å². The molecule has 0 saturated heterocycles. The molecule has 0 aliphatic carbocycles. The van der Waals surface area contributed by atoms with Crippen molar-refractivity contribution in [3.8, 4) is 0 Å². The molecule has 1 radical (unpaired) electrons. The van der Waals surface area contributed by atoms with E-state index in [-0.39, 0.29) is 35.3 Å². The molecule has 0 aromatic rings. The van der Waals surface area contributed by atoms with Gasteiger partial charge in [-0.2, -0.15) is 0 Å². The van der Waals surface area contributed by atoms with Crippen LogP contribution < -0.4 is 29.6 Å². The van der Waals surface area contributed by atoms with E-state index in [0.717, 1.165) is 19.3 Å². The quantitative estimate of drug-likeness (QED) is 0.308. The molecule has 0 saturated carbocycles. The Hall–Kier alpha value is 0.910. The average Bonchev–Trinajstić information content (AvgIpc) is 2.19. The fraction of sp³-hybridized carbons (Fsp3) is 0.917. The van der Waals surface area contributed by atoms with Gasteiger partial charge in [0.2, 0.25) is 0 Å². The molecule has 0 spiro atoms. The minimum Gasteiger partial charge on any atom is -0.748 e. The summed E-state index contributed by atoms with van der Waals surface area (Å²) in [6.07, 6.45) is 12.2. The minimum atomic E-state index is -4.04. The van der Waals surface area contributed by atoms with E-state index in [1.165, 1.54) is 38.5 Å². The topological polar surface area (TPSA) is 57.2 Å². The molecule has 5 heteroatoms. The predicted octanol–water partition coefficient (Wildman–Crippen LogP) is 0.271. The zero-order valence-corrected chi connectivity index (χ0v) is 14.1. The summed E-state index contributed by atoms with van der Waals surface area (Å²) in [6.45, 7) is 2.21. The van der Waals surface area contributed by atoms with Gasteiger partial charge in [0.25, 0.3) is 0 Å². The van der Waals surface area contributed by atoms with E-state index in [9.17, 15) is 13.0 Å². The van der Waals surface area contributed by atoms with Crippen molar-refractivity contribution in [3.63, 3.8) is 0 Å². The second-order valence-corrected chi connectivity index (χ2v) is 5.73. The maximum absolute atomic E-state index is 10.3. The van der Waals surface area contributed by atoms with Crippen molar-refractivity contribution in [2.75, 3.05) is 5.75 Å². The van der Waals surface area contributed by atoms with E-state index >= 15 is 0 Å². The third-order valence-electron chi connectivity index (χ3n) is 2.58. The SMILES string of the molecule is CCCCCCCCCC[CH]CS(=O)(=O)[O-].[Na+]. The molecular formula is C12H24NaO3S. The van der Waals surface area contributed by atoms with Gasteiger partial charge in [0, 0.05) is 5.75 Å². The van der Waals surface area contributed by atoms with Crippen LogP contribution in [-0.4, -0.2) is 18.7 Å². The monoisotopic (exact) mass is 271 g/mol. The summed E-state index contributed by atoms with van der Waals surface area (Å²) in [5.74, 6) is -0.316. The first-order chi connectivity index (χ1) is 7.56. The van der Waals surface area contributed by atoms with Crippen molar-refractivity contribution in [3.05, 3.63) is 6.42 Å². The summed E-state index contributed by atoms with van der Waals surface area (Å²) in [7, 11) is -4.04. The van der Waals surface area contributed by atoms with E-state index < -0.39 is 10.1 Å². The second kappa shape index (κ2) is 13.3. The molecule has 0 aliphatic rings. The van der Waals surface area contributed by atoms with Gasteiger partial charge in [-0.15, -0.1) is 0 Å². The van der Waals surface area contributed by atoms with E-state index in [1.54, 1.807) is 6.42 Å². The van der Waals surface area contributed by atoms with Gasteiger partial charge in [-0.3, -0.25) is 0 Å². The summed E-state index contributed by atoms with van der Waals surface area (Å²) in [5.41, 5.74) is 0. The largest absolute Gasteiger partial charge is 1.00 e. The number of unbranched alkanes of at least 4 members (excludes halogenated alkanes) is 9. The summed E-state index contributed by atoms with van der Waals surface area (Å²) in [4.78, 5) is 0. The van der Waals surface area contributed by atoms with Crippen LogP contribution in [0.1, 0.15) is 64.7 Å². The Balaban J connectivity index is 0. The van der Waals surface area contributed by atoms with Gasteiger partial charge < -0.3 is 4.55 Å². The Labute approximate surface area is 129 Å². The van der Waals surface area contributed by atoms with Gasteiger partial charge in [0.15, 0.2) is 0 Å². The smallest absolute Gasteiger partial charge is 0.748 e. The summed E-state index contributed by atoms with van der Waals surface area (Å²) in [5, 5.41) is 0. The van der Waals surface area contributed by atoms with Crippen LogP contribution in [0, 0.1) is 6.42 Å². The molecule has 0 heterocycles. The maximum Gasteiger partial charge on any atom is 1.00 e. The van der Waals surface area contributed by atoms with Crippen molar-refractivity contribution in [1.29, 1.82) is 0 Å². The van der Waals surface area contributed by atoms with Gasteiger partial charge in [0.05, 0.1) is 10.1 Å². The molecule has 0 aromatic heterocycles. The average molecular weight is 271 g/mol. The van der Waals surface area contributed by atoms with Gasteiger partial charge in [0.1, 0.15) is 0 Å². The van der Waals surface area contributed by atoms with Crippen LogP contribution in [0.15, 0.2) is 0 Å². The predicted molar refractivity (Wildman–Crippen MR) is 66.1 cm³/mol. The molecule has 0 amide bonds. The van der Waals surface area contributed by atoms with Gasteiger partial charge >= 0.3 is 29.6 Å². The molecule has 0 aromatic carbocycles. The number of rotatable bonds is 11. The van der Waals surface area contributed by atoms with Crippen molar-refractivity contribution >= 4 is 10.1 Å². The fourth-order valence-corrected chi connectivity index (χ4v) is 2.11. The van der Waals surface area contributed by atoms with Crippen molar-refractivity contribution < 1.29 is 42.5 Å². The van der Waals surface area contributed by atoms with E-state index in [0.29, 0.717) is 0 Å². The normalized spacial score (nSPS) is 11.2. The van der Waals surface area contributed by atoms with Crippen LogP contribution in [0.5, 0.6) is 0 Å². The fourth-order valence-electron chi connectivity index (χ4n) is 1.65. The molecular weight excluding hydrogens is 247 g/mol. The number of hydrogen-bond donors (Lipinski definition) is 0. The van der Waals surface area contributed by atoms with Crippen LogP contribution in [0.3, 0.4) is 0 Å². The van der Waals surface area contributed by atoms with E-state index in [1.807, 2.05) is 0 Å². The van der Waals surface area contributed by atoms with Crippen LogP contribution in [0.25, 0.3) is 0 Å². The van der Waals surface area contributed by atoms with Crippen molar-refractivity contribution in [2.24, 2.45) is 0 Å². The Kier molecular flexibility index (Phi) is 15.9. The van der Waals surface area contributed by atoms with E-state index in [2.05, 4.69) is 6.92 Å². The number of hydrogen-bond acceptors (Lipinski definition) is 3. The Morgan fingerprint density at radius 3 is 1.88 bits per heavy atom. The Morgan fingerprint density at radius 1 is 0.941 bits per heavy atom. The zero-order valence-electron chi connectivity index (χ0n) is 11.3. The summed E-state index contributed by atoms with van der Waals surface area (Å²) >= 11 is 0. The van der Waals surface area contributed by atoms with E-state index in [4.69, 9.17) is 0 Å². The third-order valence-corrected chi connectivity index (χ3v) is 3.23. The molecule has 3 nitrogen and oxygen atoms in total. The zero-order chi connectivity index (χ0) is 12.3. The third kappa shape index (κ3) is 19.4. The molecule has 0 N–H and O–H groups in total. The van der Waals surface area contributed by atoms with Gasteiger partial charge in [-0.1, -0.05) is 58.3 Å². The first-order valence-corrected chi connectivity index (χ1v) is 7.89. The van der Waals surface area contributed by atoms with Gasteiger partial charge in [-0.05, 0) is 12.8 Å². The maximum atomic E-state index is 10.3. The van der Waals surface area contributed by atoms with Crippen LogP contribution in [0.2, 0.25) is 0 Å². The molecule has 0 atom stereocenters. The molecule has 0 aliphatic heterocycles. The summed E-state index contributed by atoms with van der Waals surface area (Å²) in [6, 6.07) is 0. The molecule has 0 bridgehead atoms. The Bertz CT molecular complexity index is 240. The first-order valence-electron chi connectivity index (χ1n) is 6.31.